The molecular formula is C31H38N6O3. The zero-order valence-electron chi connectivity index (χ0n) is 23.3. The summed E-state index contributed by atoms with van der Waals surface area (Å²) in [6.07, 6.45) is 1.82. The molecule has 9 heteroatoms. The predicted octanol–water partition coefficient (Wildman–Crippen LogP) is 2.65. The van der Waals surface area contributed by atoms with Crippen LogP contribution in [-0.2, 0) is 22.6 Å². The number of amides is 2. The van der Waals surface area contributed by atoms with Gasteiger partial charge in [0.25, 0.3) is 11.8 Å². The molecule has 1 aliphatic heterocycles. The fourth-order valence-electron chi connectivity index (χ4n) is 5.07. The Kier molecular flexibility index (Phi) is 9.86. The van der Waals surface area contributed by atoms with Crippen molar-refractivity contribution < 1.29 is 14.4 Å². The highest BCUT2D eigenvalue weighted by Crippen LogP contribution is 2.21. The van der Waals surface area contributed by atoms with Gasteiger partial charge in [-0.3, -0.25) is 19.3 Å². The first kappa shape index (κ1) is 28.8. The van der Waals surface area contributed by atoms with Crippen molar-refractivity contribution in [3.05, 3.63) is 89.6 Å². The normalized spacial score (nSPS) is 14.4. The van der Waals surface area contributed by atoms with E-state index in [9.17, 15) is 14.4 Å². The lowest BCUT2D eigenvalue weighted by atomic mass is 10.0. The Morgan fingerprint density at radius 2 is 1.57 bits per heavy atom. The minimum atomic E-state index is -1.08. The molecule has 0 bridgehead atoms. The van der Waals surface area contributed by atoms with E-state index in [1.807, 2.05) is 30.3 Å². The van der Waals surface area contributed by atoms with Gasteiger partial charge in [0.15, 0.2) is 0 Å². The maximum atomic E-state index is 13.4. The summed E-state index contributed by atoms with van der Waals surface area (Å²) in [5.41, 5.74) is 8.97. The molecule has 0 saturated carbocycles. The molecule has 1 fully saturated rings. The third-order valence-corrected chi connectivity index (χ3v) is 7.32. The fraction of sp³-hybridized carbons (Fsp3) is 0.355. The number of hydrogen-bond acceptors (Lipinski definition) is 7. The smallest absolute Gasteiger partial charge is 0.287 e. The zero-order valence-corrected chi connectivity index (χ0v) is 23.3. The minimum Gasteiger partial charge on any atom is -0.372 e. The number of pyridine rings is 1. The Bertz CT molecular complexity index is 1290. The van der Waals surface area contributed by atoms with Crippen LogP contribution >= 0.6 is 0 Å². The van der Waals surface area contributed by atoms with E-state index in [2.05, 4.69) is 63.1 Å². The summed E-state index contributed by atoms with van der Waals surface area (Å²) in [6, 6.07) is 20.3. The molecule has 1 saturated heterocycles. The van der Waals surface area contributed by atoms with Gasteiger partial charge in [-0.2, -0.15) is 0 Å². The molecule has 210 valence electrons. The van der Waals surface area contributed by atoms with Crippen LogP contribution in [0.1, 0.15) is 35.3 Å². The van der Waals surface area contributed by atoms with E-state index in [0.29, 0.717) is 24.5 Å². The second kappa shape index (κ2) is 13.7. The number of benzene rings is 2. The lowest BCUT2D eigenvalue weighted by Gasteiger charge is -2.36. The molecule has 40 heavy (non-hydrogen) atoms. The van der Waals surface area contributed by atoms with Gasteiger partial charge in [-0.05, 0) is 49.2 Å². The standard InChI is InChI=1S/C31H38N6O3/c1-3-36(4-2)25-14-12-24(13-15-25)22-35-17-19-37(20-18-35)30-26(11-8-16-33-30)31(40)34-27(28(38)29(32)39)21-23-9-6-5-7-10-23/h5-16,27H,3-4,17-22H2,1-2H3,(H2,32,39)(H,34,40). The molecule has 0 spiro atoms. The van der Waals surface area contributed by atoms with Gasteiger partial charge in [-0.25, -0.2) is 4.98 Å². The van der Waals surface area contributed by atoms with Gasteiger partial charge in [0.05, 0.1) is 5.56 Å². The number of carbonyl (C=O) groups is 3. The van der Waals surface area contributed by atoms with E-state index < -0.39 is 23.6 Å². The van der Waals surface area contributed by atoms with Crippen LogP contribution in [0.3, 0.4) is 0 Å². The highest BCUT2D eigenvalue weighted by Gasteiger charge is 2.28. The number of anilines is 2. The lowest BCUT2D eigenvalue weighted by molar-refractivity contribution is -0.137. The highest BCUT2D eigenvalue weighted by molar-refractivity contribution is 6.38. The van der Waals surface area contributed by atoms with Crippen LogP contribution in [0.15, 0.2) is 72.9 Å². The molecule has 1 atom stereocenters. The molecule has 3 aromatic rings. The third kappa shape index (κ3) is 7.24. The summed E-state index contributed by atoms with van der Waals surface area (Å²) in [7, 11) is 0. The molecular weight excluding hydrogens is 504 g/mol. The number of rotatable bonds is 12. The number of Topliss-reactive ketones (excluding diaryl/α,β-unsaturated/α-hetero) is 1. The van der Waals surface area contributed by atoms with Gasteiger partial charge in [0.1, 0.15) is 11.9 Å². The Balaban J connectivity index is 1.40. The van der Waals surface area contributed by atoms with Gasteiger partial charge in [-0.15, -0.1) is 0 Å². The lowest BCUT2D eigenvalue weighted by Crippen LogP contribution is -2.49. The number of nitrogens with zero attached hydrogens (tertiary/aromatic N) is 4. The first-order valence-corrected chi connectivity index (χ1v) is 13.8. The van der Waals surface area contributed by atoms with E-state index in [-0.39, 0.29) is 6.42 Å². The van der Waals surface area contributed by atoms with Crippen molar-refractivity contribution in [2.45, 2.75) is 32.9 Å². The number of carbonyl (C=O) groups excluding carboxylic acids is 3. The largest absolute Gasteiger partial charge is 0.372 e. The number of ketones is 1. The van der Waals surface area contributed by atoms with Gasteiger partial charge in [0, 0.05) is 64.1 Å². The number of primary amides is 1. The Hall–Kier alpha value is -4.24. The Morgan fingerprint density at radius 1 is 0.900 bits per heavy atom. The van der Waals surface area contributed by atoms with Gasteiger partial charge < -0.3 is 20.9 Å². The molecule has 0 radical (unpaired) electrons. The topological polar surface area (TPSA) is 112 Å². The summed E-state index contributed by atoms with van der Waals surface area (Å²) < 4.78 is 0. The van der Waals surface area contributed by atoms with Crippen LogP contribution < -0.4 is 20.9 Å². The molecule has 0 aliphatic carbocycles. The van der Waals surface area contributed by atoms with Crippen molar-refractivity contribution in [2.75, 3.05) is 49.1 Å². The maximum Gasteiger partial charge on any atom is 0.287 e. The highest BCUT2D eigenvalue weighted by atomic mass is 16.2. The average Bonchev–Trinajstić information content (AvgIpc) is 2.99. The maximum absolute atomic E-state index is 13.4. The first-order valence-electron chi connectivity index (χ1n) is 13.8. The predicted molar refractivity (Wildman–Crippen MR) is 157 cm³/mol. The van der Waals surface area contributed by atoms with Crippen LogP contribution in [-0.4, -0.2) is 72.8 Å². The second-order valence-corrected chi connectivity index (χ2v) is 9.92. The van der Waals surface area contributed by atoms with Crippen LogP contribution in [0, 0.1) is 0 Å². The van der Waals surface area contributed by atoms with Crippen LogP contribution in [0.4, 0.5) is 11.5 Å². The summed E-state index contributed by atoms with van der Waals surface area (Å²) in [5, 5.41) is 2.73. The number of piperazine rings is 1. The van der Waals surface area contributed by atoms with Crippen molar-refractivity contribution in [1.29, 1.82) is 0 Å². The summed E-state index contributed by atoms with van der Waals surface area (Å²) in [5.74, 6) is -1.81. The van der Waals surface area contributed by atoms with Gasteiger partial charge >= 0.3 is 0 Å². The molecule has 1 aromatic heterocycles. The van der Waals surface area contributed by atoms with E-state index in [4.69, 9.17) is 5.73 Å². The van der Waals surface area contributed by atoms with Gasteiger partial charge in [0.2, 0.25) is 5.78 Å². The summed E-state index contributed by atoms with van der Waals surface area (Å²) >= 11 is 0. The van der Waals surface area contributed by atoms with Gasteiger partial charge in [-0.1, -0.05) is 42.5 Å². The molecule has 1 unspecified atom stereocenters. The van der Waals surface area contributed by atoms with E-state index in [1.165, 1.54) is 11.3 Å². The Morgan fingerprint density at radius 3 is 2.20 bits per heavy atom. The van der Waals surface area contributed by atoms with E-state index in [1.54, 1.807) is 18.3 Å². The second-order valence-electron chi connectivity index (χ2n) is 9.92. The van der Waals surface area contributed by atoms with Crippen LogP contribution in [0.5, 0.6) is 0 Å². The minimum absolute atomic E-state index is 0.165. The van der Waals surface area contributed by atoms with Crippen molar-refractivity contribution >= 4 is 29.1 Å². The Labute approximate surface area is 236 Å². The van der Waals surface area contributed by atoms with E-state index >= 15 is 0 Å². The monoisotopic (exact) mass is 542 g/mol. The average molecular weight is 543 g/mol. The van der Waals surface area contributed by atoms with Crippen molar-refractivity contribution in [2.24, 2.45) is 5.73 Å². The molecule has 1 aliphatic rings. The zero-order chi connectivity index (χ0) is 28.5. The van der Waals surface area contributed by atoms with Crippen molar-refractivity contribution in [3.8, 4) is 0 Å². The third-order valence-electron chi connectivity index (χ3n) is 7.32. The SMILES string of the molecule is CCN(CC)c1ccc(CN2CCN(c3ncccc3C(=O)NC(Cc3ccccc3)C(=O)C(N)=O)CC2)cc1. The van der Waals surface area contributed by atoms with Crippen LogP contribution in [0.2, 0.25) is 0 Å². The molecule has 4 rings (SSSR count). The molecule has 9 nitrogen and oxygen atoms in total. The molecule has 2 heterocycles. The summed E-state index contributed by atoms with van der Waals surface area (Å²) in [4.78, 5) is 48.9. The molecule has 2 aromatic carbocycles. The number of nitrogens with two attached hydrogens (primary N) is 1. The summed E-state index contributed by atoms with van der Waals surface area (Å²) in [6.45, 7) is 10.2. The number of hydrogen-bond donors (Lipinski definition) is 2. The van der Waals surface area contributed by atoms with Crippen molar-refractivity contribution in [3.63, 3.8) is 0 Å². The number of nitrogens with one attached hydrogen (secondary N) is 1. The molecule has 2 amide bonds. The number of aromatic nitrogens is 1. The fourth-order valence-corrected chi connectivity index (χ4v) is 5.07. The van der Waals surface area contributed by atoms with Crippen LogP contribution in [0.25, 0.3) is 0 Å². The van der Waals surface area contributed by atoms with Crippen molar-refractivity contribution in [1.82, 2.24) is 15.2 Å². The molecule has 3 N–H and O–H groups in total. The quantitative estimate of drug-likeness (QED) is 0.339. The van der Waals surface area contributed by atoms with E-state index in [0.717, 1.165) is 38.3 Å². The first-order chi connectivity index (χ1) is 19.4.